The molecule has 2 aliphatic heterocycles. The van der Waals surface area contributed by atoms with E-state index in [1.54, 1.807) is 13.0 Å². The van der Waals surface area contributed by atoms with Crippen LogP contribution in [0.5, 0.6) is 0 Å². The van der Waals surface area contributed by atoms with Crippen molar-refractivity contribution in [3.63, 3.8) is 0 Å². The van der Waals surface area contributed by atoms with Crippen LogP contribution in [0.1, 0.15) is 31.4 Å². The predicted octanol–water partition coefficient (Wildman–Crippen LogP) is 2.25. The standard InChI is InChI=1S/C20H26N2O3/c1-14-6-4-5-7-17(14)15(2)12-20(24)21-9-8-19-18(13-21)22(16(3)23)10-11-25-19/h4-7,12,18-19H,8-11,13H2,1-3H3/b15-12+. The van der Waals surface area contributed by atoms with Gasteiger partial charge in [0.1, 0.15) is 0 Å². The molecule has 25 heavy (non-hydrogen) atoms. The number of nitrogens with zero attached hydrogens (tertiary/aromatic N) is 2. The lowest BCUT2D eigenvalue weighted by Gasteiger charge is -2.46. The van der Waals surface area contributed by atoms with Crippen molar-refractivity contribution in [3.05, 3.63) is 41.5 Å². The molecule has 2 saturated heterocycles. The van der Waals surface area contributed by atoms with E-state index in [0.29, 0.717) is 26.2 Å². The van der Waals surface area contributed by atoms with Crippen LogP contribution in [0.2, 0.25) is 0 Å². The quantitative estimate of drug-likeness (QED) is 0.775. The van der Waals surface area contributed by atoms with Crippen molar-refractivity contribution in [2.24, 2.45) is 0 Å². The number of hydrogen-bond acceptors (Lipinski definition) is 3. The molecule has 2 amide bonds. The fourth-order valence-corrected chi connectivity index (χ4v) is 3.83. The molecule has 0 aromatic heterocycles. The van der Waals surface area contributed by atoms with Crippen molar-refractivity contribution in [2.45, 2.75) is 39.3 Å². The first-order valence-corrected chi connectivity index (χ1v) is 8.89. The summed E-state index contributed by atoms with van der Waals surface area (Å²) in [7, 11) is 0. The Morgan fingerprint density at radius 3 is 2.68 bits per heavy atom. The van der Waals surface area contributed by atoms with Crippen molar-refractivity contribution in [3.8, 4) is 0 Å². The molecule has 0 radical (unpaired) electrons. The van der Waals surface area contributed by atoms with E-state index in [2.05, 4.69) is 0 Å². The third-order valence-electron chi connectivity index (χ3n) is 5.21. The first kappa shape index (κ1) is 17.7. The van der Waals surface area contributed by atoms with Crippen LogP contribution in [0.3, 0.4) is 0 Å². The second kappa shape index (κ2) is 7.40. The van der Waals surface area contributed by atoms with Crippen LogP contribution < -0.4 is 0 Å². The molecule has 0 saturated carbocycles. The van der Waals surface area contributed by atoms with Gasteiger partial charge < -0.3 is 14.5 Å². The highest BCUT2D eigenvalue weighted by Crippen LogP contribution is 2.24. The molecule has 0 spiro atoms. The molecule has 2 unspecified atom stereocenters. The summed E-state index contributed by atoms with van der Waals surface area (Å²) in [5.74, 6) is 0.0625. The van der Waals surface area contributed by atoms with Crippen molar-refractivity contribution < 1.29 is 14.3 Å². The number of hydrogen-bond donors (Lipinski definition) is 0. The minimum atomic E-state index is -0.0314. The van der Waals surface area contributed by atoms with Gasteiger partial charge in [0.15, 0.2) is 0 Å². The fraction of sp³-hybridized carbons (Fsp3) is 0.500. The van der Waals surface area contributed by atoms with E-state index in [9.17, 15) is 9.59 Å². The molecule has 2 fully saturated rings. The number of ether oxygens (including phenoxy) is 1. The molecule has 2 heterocycles. The number of piperidine rings is 1. The number of allylic oxidation sites excluding steroid dienone is 1. The Labute approximate surface area is 149 Å². The smallest absolute Gasteiger partial charge is 0.246 e. The van der Waals surface area contributed by atoms with E-state index in [-0.39, 0.29) is 24.0 Å². The fourth-order valence-electron chi connectivity index (χ4n) is 3.83. The lowest BCUT2D eigenvalue weighted by atomic mass is 9.97. The largest absolute Gasteiger partial charge is 0.374 e. The Kier molecular flexibility index (Phi) is 5.23. The van der Waals surface area contributed by atoms with Gasteiger partial charge in [0.25, 0.3) is 0 Å². The molecule has 1 aromatic carbocycles. The van der Waals surface area contributed by atoms with Crippen molar-refractivity contribution in [1.29, 1.82) is 0 Å². The monoisotopic (exact) mass is 342 g/mol. The Hall–Kier alpha value is -2.14. The maximum atomic E-state index is 12.7. The van der Waals surface area contributed by atoms with Crippen LogP contribution in [0.15, 0.2) is 30.3 Å². The second-order valence-corrected chi connectivity index (χ2v) is 6.90. The Balaban J connectivity index is 1.74. The van der Waals surface area contributed by atoms with Crippen molar-refractivity contribution in [2.75, 3.05) is 26.2 Å². The summed E-state index contributed by atoms with van der Waals surface area (Å²) in [4.78, 5) is 28.3. The van der Waals surface area contributed by atoms with E-state index in [1.807, 2.05) is 47.9 Å². The molecular weight excluding hydrogens is 316 g/mol. The highest BCUT2D eigenvalue weighted by molar-refractivity contribution is 5.95. The molecule has 0 aliphatic carbocycles. The maximum absolute atomic E-state index is 12.7. The molecule has 2 atom stereocenters. The van der Waals surface area contributed by atoms with Crippen LogP contribution in [-0.4, -0.2) is 60.0 Å². The number of rotatable bonds is 2. The molecule has 0 N–H and O–H groups in total. The number of benzene rings is 1. The summed E-state index contributed by atoms with van der Waals surface area (Å²) in [6.45, 7) is 8.01. The summed E-state index contributed by atoms with van der Waals surface area (Å²) in [5, 5.41) is 0. The number of likely N-dealkylation sites (tertiary alicyclic amines) is 1. The van der Waals surface area contributed by atoms with E-state index in [4.69, 9.17) is 4.74 Å². The third kappa shape index (κ3) is 3.76. The van der Waals surface area contributed by atoms with E-state index in [1.165, 1.54) is 0 Å². The van der Waals surface area contributed by atoms with Crippen LogP contribution >= 0.6 is 0 Å². The number of aryl methyl sites for hydroxylation is 1. The first-order valence-electron chi connectivity index (χ1n) is 8.89. The van der Waals surface area contributed by atoms with Crippen LogP contribution in [0.25, 0.3) is 5.57 Å². The average Bonchev–Trinajstić information content (AvgIpc) is 2.60. The highest BCUT2D eigenvalue weighted by Gasteiger charge is 2.39. The van der Waals surface area contributed by atoms with Gasteiger partial charge in [0, 0.05) is 32.6 Å². The van der Waals surface area contributed by atoms with Gasteiger partial charge in [-0.2, -0.15) is 0 Å². The van der Waals surface area contributed by atoms with Gasteiger partial charge >= 0.3 is 0 Å². The number of carbonyl (C=O) groups is 2. The molecule has 5 heteroatoms. The molecule has 134 valence electrons. The second-order valence-electron chi connectivity index (χ2n) is 6.90. The van der Waals surface area contributed by atoms with E-state index >= 15 is 0 Å². The van der Waals surface area contributed by atoms with Gasteiger partial charge in [-0.05, 0) is 37.0 Å². The van der Waals surface area contributed by atoms with Gasteiger partial charge in [-0.25, -0.2) is 0 Å². The average molecular weight is 342 g/mol. The van der Waals surface area contributed by atoms with E-state index in [0.717, 1.165) is 23.1 Å². The summed E-state index contributed by atoms with van der Waals surface area (Å²) < 4.78 is 5.81. The first-order chi connectivity index (χ1) is 12.0. The third-order valence-corrected chi connectivity index (χ3v) is 5.21. The zero-order chi connectivity index (χ0) is 18.0. The molecular formula is C20H26N2O3. The summed E-state index contributed by atoms with van der Waals surface area (Å²) in [6.07, 6.45) is 2.53. The topological polar surface area (TPSA) is 49.9 Å². The van der Waals surface area contributed by atoms with Gasteiger partial charge in [-0.3, -0.25) is 9.59 Å². The zero-order valence-electron chi connectivity index (χ0n) is 15.2. The highest BCUT2D eigenvalue weighted by atomic mass is 16.5. The van der Waals surface area contributed by atoms with Crippen LogP contribution in [0.4, 0.5) is 0 Å². The number of fused-ring (bicyclic) bond motifs is 1. The molecule has 0 bridgehead atoms. The minimum Gasteiger partial charge on any atom is -0.374 e. The van der Waals surface area contributed by atoms with Gasteiger partial charge in [-0.1, -0.05) is 24.3 Å². The minimum absolute atomic E-state index is 0.00767. The Bertz CT molecular complexity index is 698. The zero-order valence-corrected chi connectivity index (χ0v) is 15.2. The summed E-state index contributed by atoms with van der Waals surface area (Å²) in [5.41, 5.74) is 3.22. The van der Waals surface area contributed by atoms with E-state index < -0.39 is 0 Å². The summed E-state index contributed by atoms with van der Waals surface area (Å²) >= 11 is 0. The van der Waals surface area contributed by atoms with Gasteiger partial charge in [-0.15, -0.1) is 0 Å². The Morgan fingerprint density at radius 2 is 1.96 bits per heavy atom. The number of carbonyl (C=O) groups excluding carboxylic acids is 2. The van der Waals surface area contributed by atoms with Gasteiger partial charge in [0.05, 0.1) is 18.8 Å². The molecule has 3 rings (SSSR count). The Morgan fingerprint density at radius 1 is 1.20 bits per heavy atom. The van der Waals surface area contributed by atoms with Crippen LogP contribution in [0, 0.1) is 6.92 Å². The summed E-state index contributed by atoms with van der Waals surface area (Å²) in [6, 6.07) is 8.04. The molecule has 2 aliphatic rings. The predicted molar refractivity (Wildman–Crippen MR) is 96.9 cm³/mol. The van der Waals surface area contributed by atoms with Gasteiger partial charge in [0.2, 0.25) is 11.8 Å². The normalized spacial score (nSPS) is 24.0. The number of amides is 2. The lowest BCUT2D eigenvalue weighted by Crippen LogP contribution is -2.61. The van der Waals surface area contributed by atoms with Crippen LogP contribution in [-0.2, 0) is 14.3 Å². The van der Waals surface area contributed by atoms with Crippen molar-refractivity contribution >= 4 is 17.4 Å². The molecule has 5 nitrogen and oxygen atoms in total. The maximum Gasteiger partial charge on any atom is 0.246 e. The molecule has 1 aromatic rings. The SMILES string of the molecule is CC(=O)N1CCOC2CCN(C(=O)/C=C(\C)c3ccccc3C)CC21. The van der Waals surface area contributed by atoms with Crippen molar-refractivity contribution in [1.82, 2.24) is 9.80 Å². The lowest BCUT2D eigenvalue weighted by molar-refractivity contribution is -0.154. The number of morpholine rings is 1.